The molecule has 3 rings (SSSR count). The Balaban J connectivity index is 1.69. The molecule has 0 spiro atoms. The predicted molar refractivity (Wildman–Crippen MR) is 120 cm³/mol. The highest BCUT2D eigenvalue weighted by Crippen LogP contribution is 2.19. The van der Waals surface area contributed by atoms with E-state index in [1.165, 1.54) is 22.4 Å². The highest BCUT2D eigenvalue weighted by atomic mass is 32.2. The van der Waals surface area contributed by atoms with Crippen LogP contribution < -0.4 is 5.32 Å². The van der Waals surface area contributed by atoms with Crippen molar-refractivity contribution in [1.29, 1.82) is 0 Å². The van der Waals surface area contributed by atoms with Gasteiger partial charge >= 0.3 is 0 Å². The maximum Gasteiger partial charge on any atom is 0.243 e. The quantitative estimate of drug-likeness (QED) is 0.356. The van der Waals surface area contributed by atoms with Gasteiger partial charge in [0, 0.05) is 18.8 Å². The van der Waals surface area contributed by atoms with Gasteiger partial charge in [-0.3, -0.25) is 9.89 Å². The number of H-pyrrole nitrogens is 1. The first kappa shape index (κ1) is 23.0. The number of nitrogens with zero attached hydrogens (tertiary/aromatic N) is 3. The average molecular weight is 460 g/mol. The van der Waals surface area contributed by atoms with Crippen LogP contribution >= 0.6 is 11.8 Å². The topological polar surface area (TPSA) is 108 Å². The molecule has 3 aromatic rings. The molecule has 0 aliphatic rings. The minimum absolute atomic E-state index is 0.108. The van der Waals surface area contributed by atoms with Gasteiger partial charge in [0.1, 0.15) is 6.33 Å². The van der Waals surface area contributed by atoms with Crippen LogP contribution in [0, 0.1) is 13.8 Å². The van der Waals surface area contributed by atoms with Crippen molar-refractivity contribution in [2.24, 2.45) is 0 Å². The Kier molecular flexibility index (Phi) is 7.83. The summed E-state index contributed by atoms with van der Waals surface area (Å²) in [6, 6.07) is 14.2. The smallest absolute Gasteiger partial charge is 0.243 e. The van der Waals surface area contributed by atoms with Gasteiger partial charge in [-0.15, -0.1) is 0 Å². The first-order valence-corrected chi connectivity index (χ1v) is 12.1. The maximum atomic E-state index is 13.3. The molecule has 8 nitrogen and oxygen atoms in total. The summed E-state index contributed by atoms with van der Waals surface area (Å²) in [6.07, 6.45) is 1.42. The van der Waals surface area contributed by atoms with Gasteiger partial charge in [-0.1, -0.05) is 59.3 Å². The van der Waals surface area contributed by atoms with Crippen LogP contribution in [-0.4, -0.2) is 52.7 Å². The van der Waals surface area contributed by atoms with E-state index in [0.717, 1.165) is 16.7 Å². The van der Waals surface area contributed by atoms with Crippen molar-refractivity contribution in [1.82, 2.24) is 24.8 Å². The first-order chi connectivity index (χ1) is 14.8. The highest BCUT2D eigenvalue weighted by molar-refractivity contribution is 7.99. The monoisotopic (exact) mass is 459 g/mol. The molecular weight excluding hydrogens is 434 g/mol. The zero-order chi connectivity index (χ0) is 22.3. The molecule has 0 aliphatic heterocycles. The summed E-state index contributed by atoms with van der Waals surface area (Å²) in [6.45, 7) is 4.08. The van der Waals surface area contributed by atoms with Crippen LogP contribution in [0.2, 0.25) is 0 Å². The van der Waals surface area contributed by atoms with Crippen molar-refractivity contribution in [2.75, 3.05) is 18.8 Å². The molecule has 0 bridgehead atoms. The minimum atomic E-state index is -3.84. The lowest BCUT2D eigenvalue weighted by Crippen LogP contribution is -2.40. The lowest BCUT2D eigenvalue weighted by molar-refractivity contribution is -0.121. The number of aromatic nitrogens is 3. The van der Waals surface area contributed by atoms with E-state index in [-0.39, 0.29) is 23.9 Å². The van der Waals surface area contributed by atoms with Crippen LogP contribution in [0.4, 0.5) is 0 Å². The number of aromatic amines is 1. The molecule has 1 heterocycles. The molecule has 2 N–H and O–H groups in total. The van der Waals surface area contributed by atoms with Gasteiger partial charge in [0.15, 0.2) is 5.16 Å². The molecule has 0 saturated carbocycles. The van der Waals surface area contributed by atoms with E-state index in [1.54, 1.807) is 24.3 Å². The van der Waals surface area contributed by atoms with Gasteiger partial charge in [-0.05, 0) is 31.5 Å². The molecule has 0 aliphatic carbocycles. The second kappa shape index (κ2) is 10.6. The van der Waals surface area contributed by atoms with Crippen molar-refractivity contribution < 1.29 is 13.2 Å². The van der Waals surface area contributed by atoms with Crippen LogP contribution in [0.15, 0.2) is 64.9 Å². The molecular formula is C21H25N5O3S2. The Labute approximate surface area is 186 Å². The third-order valence-corrected chi connectivity index (χ3v) is 7.20. The first-order valence-electron chi connectivity index (χ1n) is 9.72. The van der Waals surface area contributed by atoms with Crippen molar-refractivity contribution >= 4 is 27.7 Å². The van der Waals surface area contributed by atoms with Crippen LogP contribution in [-0.2, 0) is 21.4 Å². The molecule has 2 aromatic carbocycles. The Hall–Kier alpha value is -2.69. The third-order valence-electron chi connectivity index (χ3n) is 4.51. The summed E-state index contributed by atoms with van der Waals surface area (Å²) >= 11 is 1.42. The van der Waals surface area contributed by atoms with Crippen molar-refractivity contribution in [3.63, 3.8) is 0 Å². The Bertz CT molecular complexity index is 1080. The van der Waals surface area contributed by atoms with Crippen molar-refractivity contribution in [3.05, 3.63) is 71.5 Å². The zero-order valence-corrected chi connectivity index (χ0v) is 19.0. The lowest BCUT2D eigenvalue weighted by atomic mass is 10.1. The number of aryl methyl sites for hydroxylation is 2. The average Bonchev–Trinajstić information content (AvgIpc) is 3.26. The van der Waals surface area contributed by atoms with Gasteiger partial charge in [0.25, 0.3) is 0 Å². The molecule has 0 unspecified atom stereocenters. The molecule has 10 heteroatoms. The SMILES string of the molecule is Cc1ccc(CN(CC(=O)NCCSc2ncn[nH]2)S(=O)(=O)c2ccc(C)cc2)cc1. The van der Waals surface area contributed by atoms with E-state index in [9.17, 15) is 13.2 Å². The predicted octanol–water partition coefficient (Wildman–Crippen LogP) is 2.52. The van der Waals surface area contributed by atoms with Gasteiger partial charge in [0.05, 0.1) is 11.4 Å². The fourth-order valence-electron chi connectivity index (χ4n) is 2.80. The summed E-state index contributed by atoms with van der Waals surface area (Å²) < 4.78 is 27.7. The molecule has 0 radical (unpaired) electrons. The van der Waals surface area contributed by atoms with E-state index < -0.39 is 10.0 Å². The standard InChI is InChI=1S/C21H25N5O3S2/c1-16-3-7-18(8-4-16)13-26(31(28,29)19-9-5-17(2)6-10-19)14-20(27)22-11-12-30-21-23-15-24-25-21/h3-10,15H,11-14H2,1-2H3,(H,22,27)(H,23,24,25). The minimum Gasteiger partial charge on any atom is -0.354 e. The summed E-state index contributed by atoms with van der Waals surface area (Å²) in [5.41, 5.74) is 2.86. The number of hydrogen-bond donors (Lipinski definition) is 2. The molecule has 164 valence electrons. The van der Waals surface area contributed by atoms with Crippen LogP contribution in [0.5, 0.6) is 0 Å². The number of carbonyl (C=O) groups excluding carboxylic acids is 1. The van der Waals surface area contributed by atoms with Gasteiger partial charge in [-0.25, -0.2) is 13.4 Å². The van der Waals surface area contributed by atoms with Gasteiger partial charge < -0.3 is 5.32 Å². The summed E-state index contributed by atoms with van der Waals surface area (Å²) in [7, 11) is -3.84. The van der Waals surface area contributed by atoms with Gasteiger partial charge in [-0.2, -0.15) is 9.40 Å². The van der Waals surface area contributed by atoms with Crippen LogP contribution in [0.1, 0.15) is 16.7 Å². The zero-order valence-electron chi connectivity index (χ0n) is 17.4. The fourth-order valence-corrected chi connectivity index (χ4v) is 4.82. The number of nitrogens with one attached hydrogen (secondary N) is 2. The molecule has 0 atom stereocenters. The molecule has 1 aromatic heterocycles. The van der Waals surface area contributed by atoms with Crippen molar-refractivity contribution in [3.8, 4) is 0 Å². The molecule has 31 heavy (non-hydrogen) atoms. The van der Waals surface area contributed by atoms with Crippen LogP contribution in [0.3, 0.4) is 0 Å². The number of carbonyl (C=O) groups is 1. The lowest BCUT2D eigenvalue weighted by Gasteiger charge is -2.22. The number of rotatable bonds is 10. The summed E-state index contributed by atoms with van der Waals surface area (Å²) in [5, 5.41) is 9.94. The fraction of sp³-hybridized carbons (Fsp3) is 0.286. The van der Waals surface area contributed by atoms with E-state index >= 15 is 0 Å². The number of benzene rings is 2. The van der Waals surface area contributed by atoms with Crippen molar-refractivity contribution in [2.45, 2.75) is 30.4 Å². The summed E-state index contributed by atoms with van der Waals surface area (Å²) in [4.78, 5) is 16.7. The van der Waals surface area contributed by atoms with E-state index in [1.807, 2.05) is 38.1 Å². The van der Waals surface area contributed by atoms with E-state index in [2.05, 4.69) is 20.5 Å². The second-order valence-corrected chi connectivity index (χ2v) is 10.1. The normalized spacial score (nSPS) is 11.6. The Morgan fingerprint density at radius 2 is 1.71 bits per heavy atom. The third kappa shape index (κ3) is 6.65. The summed E-state index contributed by atoms with van der Waals surface area (Å²) in [5.74, 6) is 0.227. The molecule has 0 saturated heterocycles. The number of amides is 1. The van der Waals surface area contributed by atoms with E-state index in [4.69, 9.17) is 0 Å². The highest BCUT2D eigenvalue weighted by Gasteiger charge is 2.26. The Morgan fingerprint density at radius 1 is 1.06 bits per heavy atom. The number of thioether (sulfide) groups is 1. The van der Waals surface area contributed by atoms with E-state index in [0.29, 0.717) is 17.5 Å². The molecule has 0 fully saturated rings. The largest absolute Gasteiger partial charge is 0.354 e. The molecule has 1 amide bonds. The number of sulfonamides is 1. The van der Waals surface area contributed by atoms with Crippen LogP contribution in [0.25, 0.3) is 0 Å². The number of hydrogen-bond acceptors (Lipinski definition) is 6. The maximum absolute atomic E-state index is 13.3. The Morgan fingerprint density at radius 3 is 2.32 bits per heavy atom. The second-order valence-electron chi connectivity index (χ2n) is 7.06. The van der Waals surface area contributed by atoms with Gasteiger partial charge in [0.2, 0.25) is 15.9 Å².